The molecule has 84 valence electrons. The lowest BCUT2D eigenvalue weighted by Gasteiger charge is -2.05. The second kappa shape index (κ2) is 4.63. The quantitative estimate of drug-likeness (QED) is 0.701. The van der Waals surface area contributed by atoms with Crippen LogP contribution in [0.2, 0.25) is 0 Å². The molecule has 2 aromatic heterocycles. The van der Waals surface area contributed by atoms with Crippen LogP contribution in [0.5, 0.6) is 0 Å². The van der Waals surface area contributed by atoms with E-state index < -0.39 is 0 Å². The van der Waals surface area contributed by atoms with E-state index in [1.165, 1.54) is 29.7 Å². The largest absolute Gasteiger partial charge is 0.152 e. The molecule has 1 aliphatic carbocycles. The van der Waals surface area contributed by atoms with Crippen LogP contribution < -0.4 is 0 Å². The Morgan fingerprint density at radius 3 is 3.06 bits per heavy atom. The summed E-state index contributed by atoms with van der Waals surface area (Å²) >= 11 is 7.62. The van der Waals surface area contributed by atoms with E-state index in [2.05, 4.69) is 38.8 Å². The molecule has 0 spiro atoms. The summed E-state index contributed by atoms with van der Waals surface area (Å²) in [5.41, 5.74) is 3.05. The van der Waals surface area contributed by atoms with Gasteiger partial charge >= 0.3 is 0 Å². The average Bonchev–Trinajstić information content (AvgIpc) is 2.91. The number of alkyl halides is 1. The molecule has 0 aromatic carbocycles. The average molecular weight is 313 g/mol. The van der Waals surface area contributed by atoms with E-state index in [4.69, 9.17) is 0 Å². The molecule has 3 heteroatoms. The number of hydrogen-bond acceptors (Lipinski definition) is 2. The van der Waals surface area contributed by atoms with E-state index in [-0.39, 0.29) is 0 Å². The van der Waals surface area contributed by atoms with Gasteiger partial charge in [-0.2, -0.15) is 11.3 Å². The molecule has 1 aliphatic rings. The maximum atomic E-state index is 3.82. The molecule has 1 unspecified atom stereocenters. The first-order chi connectivity index (χ1) is 7.83. The first-order valence-corrected chi connectivity index (χ1v) is 8.27. The lowest BCUT2D eigenvalue weighted by atomic mass is 10.1. The highest BCUT2D eigenvalue weighted by atomic mass is 79.9. The molecule has 0 saturated heterocycles. The third-order valence-corrected chi connectivity index (χ3v) is 6.27. The summed E-state index contributed by atoms with van der Waals surface area (Å²) in [6.07, 6.45) is 5.07. The highest BCUT2D eigenvalue weighted by Gasteiger charge is 2.18. The van der Waals surface area contributed by atoms with Gasteiger partial charge in [-0.15, -0.1) is 11.3 Å². The maximum absolute atomic E-state index is 3.82. The normalized spacial score (nSPS) is 16.3. The van der Waals surface area contributed by atoms with Crippen molar-refractivity contribution in [2.75, 3.05) is 0 Å². The van der Waals surface area contributed by atoms with Crippen molar-refractivity contribution in [2.45, 2.75) is 30.5 Å². The fraction of sp³-hybridized carbons (Fsp3) is 0.385. The third-order valence-electron chi connectivity index (χ3n) is 3.07. The topological polar surface area (TPSA) is 0 Å². The van der Waals surface area contributed by atoms with Gasteiger partial charge in [0, 0.05) is 9.75 Å². The van der Waals surface area contributed by atoms with Crippen molar-refractivity contribution in [3.8, 4) is 0 Å². The lowest BCUT2D eigenvalue weighted by Crippen LogP contribution is -1.91. The van der Waals surface area contributed by atoms with Gasteiger partial charge in [0.25, 0.3) is 0 Å². The molecule has 0 radical (unpaired) electrons. The van der Waals surface area contributed by atoms with Gasteiger partial charge in [-0.1, -0.05) is 15.9 Å². The fourth-order valence-electron chi connectivity index (χ4n) is 2.22. The van der Waals surface area contributed by atoms with Crippen molar-refractivity contribution in [2.24, 2.45) is 0 Å². The number of aryl methyl sites for hydroxylation is 2. The van der Waals surface area contributed by atoms with Crippen LogP contribution in [-0.4, -0.2) is 0 Å². The Kier molecular flexibility index (Phi) is 3.18. The van der Waals surface area contributed by atoms with Gasteiger partial charge in [0.1, 0.15) is 0 Å². The molecule has 0 bridgehead atoms. The number of halogens is 1. The molecular weight excluding hydrogens is 300 g/mol. The summed E-state index contributed by atoms with van der Waals surface area (Å²) in [6.45, 7) is 0. The zero-order valence-electron chi connectivity index (χ0n) is 8.91. The standard InChI is InChI=1S/C13H13BrS2/c14-11(6-9-4-5-15-8-9)13-7-10-2-1-3-12(10)16-13/h4-5,7-8,11H,1-3,6H2. The summed E-state index contributed by atoms with van der Waals surface area (Å²) in [5, 5.41) is 4.40. The minimum absolute atomic E-state index is 0.498. The Bertz CT molecular complexity index is 449. The Hall–Kier alpha value is -0.120. The Morgan fingerprint density at radius 2 is 2.31 bits per heavy atom. The summed E-state index contributed by atoms with van der Waals surface area (Å²) in [5.74, 6) is 0. The van der Waals surface area contributed by atoms with Crippen molar-refractivity contribution >= 4 is 38.6 Å². The van der Waals surface area contributed by atoms with Crippen molar-refractivity contribution in [3.63, 3.8) is 0 Å². The molecule has 2 aromatic rings. The number of rotatable bonds is 3. The molecule has 0 fully saturated rings. The molecule has 0 N–H and O–H groups in total. The van der Waals surface area contributed by atoms with Crippen LogP contribution in [0.4, 0.5) is 0 Å². The smallest absolute Gasteiger partial charge is 0.0529 e. The predicted molar refractivity (Wildman–Crippen MR) is 76.0 cm³/mol. The Labute approximate surface area is 112 Å². The molecule has 2 heterocycles. The molecule has 16 heavy (non-hydrogen) atoms. The van der Waals surface area contributed by atoms with Crippen molar-refractivity contribution in [1.29, 1.82) is 0 Å². The Morgan fingerprint density at radius 1 is 1.38 bits per heavy atom. The summed E-state index contributed by atoms with van der Waals surface area (Å²) in [6, 6.07) is 4.64. The first kappa shape index (κ1) is 11.0. The number of thiophene rings is 2. The zero-order valence-corrected chi connectivity index (χ0v) is 12.1. The van der Waals surface area contributed by atoms with Crippen LogP contribution in [0, 0.1) is 0 Å². The Balaban J connectivity index is 1.76. The molecule has 3 rings (SSSR count). The van der Waals surface area contributed by atoms with E-state index in [9.17, 15) is 0 Å². The molecule has 0 saturated carbocycles. The van der Waals surface area contributed by atoms with Gasteiger partial charge in [0.05, 0.1) is 4.83 Å². The van der Waals surface area contributed by atoms with Gasteiger partial charge in [-0.25, -0.2) is 0 Å². The van der Waals surface area contributed by atoms with Crippen LogP contribution in [0.25, 0.3) is 0 Å². The zero-order chi connectivity index (χ0) is 11.0. The SMILES string of the molecule is BrC(Cc1ccsc1)c1cc2c(s1)CCC2. The van der Waals surface area contributed by atoms with Crippen molar-refractivity contribution < 1.29 is 0 Å². The monoisotopic (exact) mass is 312 g/mol. The summed E-state index contributed by atoms with van der Waals surface area (Å²) < 4.78 is 0. The van der Waals surface area contributed by atoms with E-state index in [1.54, 1.807) is 21.8 Å². The molecule has 1 atom stereocenters. The van der Waals surface area contributed by atoms with E-state index in [1.807, 2.05) is 11.3 Å². The van der Waals surface area contributed by atoms with Crippen molar-refractivity contribution in [1.82, 2.24) is 0 Å². The fourth-order valence-corrected chi connectivity index (χ4v) is 4.93. The number of hydrogen-bond donors (Lipinski definition) is 0. The van der Waals surface area contributed by atoms with Crippen LogP contribution >= 0.6 is 38.6 Å². The van der Waals surface area contributed by atoms with Crippen LogP contribution in [0.1, 0.15) is 32.1 Å². The van der Waals surface area contributed by atoms with E-state index >= 15 is 0 Å². The predicted octanol–water partition coefficient (Wildman–Crippen LogP) is 4.98. The van der Waals surface area contributed by atoms with E-state index in [0.717, 1.165) is 6.42 Å². The number of fused-ring (bicyclic) bond motifs is 1. The second-order valence-corrected chi connectivity index (χ2v) is 7.31. The molecule has 0 nitrogen and oxygen atoms in total. The van der Waals surface area contributed by atoms with Crippen LogP contribution in [0.3, 0.4) is 0 Å². The molecule has 0 aliphatic heterocycles. The van der Waals surface area contributed by atoms with Gasteiger partial charge in [-0.05, 0) is 59.7 Å². The van der Waals surface area contributed by atoms with Gasteiger partial charge in [0.15, 0.2) is 0 Å². The maximum Gasteiger partial charge on any atom is 0.0529 e. The van der Waals surface area contributed by atoms with Crippen LogP contribution in [-0.2, 0) is 19.3 Å². The molecule has 0 amide bonds. The highest BCUT2D eigenvalue weighted by Crippen LogP contribution is 2.38. The highest BCUT2D eigenvalue weighted by molar-refractivity contribution is 9.09. The van der Waals surface area contributed by atoms with Gasteiger partial charge in [0.2, 0.25) is 0 Å². The second-order valence-electron chi connectivity index (χ2n) is 4.25. The van der Waals surface area contributed by atoms with Crippen LogP contribution in [0.15, 0.2) is 22.9 Å². The minimum atomic E-state index is 0.498. The summed E-state index contributed by atoms with van der Waals surface area (Å²) in [4.78, 5) is 3.64. The summed E-state index contributed by atoms with van der Waals surface area (Å²) in [7, 11) is 0. The minimum Gasteiger partial charge on any atom is -0.152 e. The molecular formula is C13H13BrS2. The van der Waals surface area contributed by atoms with E-state index in [0.29, 0.717) is 4.83 Å². The van der Waals surface area contributed by atoms with Crippen molar-refractivity contribution in [3.05, 3.63) is 43.8 Å². The van der Waals surface area contributed by atoms with Gasteiger partial charge in [-0.3, -0.25) is 0 Å². The lowest BCUT2D eigenvalue weighted by molar-refractivity contribution is 0.910. The third kappa shape index (κ3) is 2.13. The first-order valence-electron chi connectivity index (χ1n) is 5.59. The van der Waals surface area contributed by atoms with Gasteiger partial charge < -0.3 is 0 Å².